The highest BCUT2D eigenvalue weighted by Gasteiger charge is 2.50. The van der Waals surface area contributed by atoms with Gasteiger partial charge in [0, 0.05) is 38.1 Å². The molecule has 194 valence electrons. The van der Waals surface area contributed by atoms with Crippen molar-refractivity contribution >= 4 is 18.7 Å². The topological polar surface area (TPSA) is 58.9 Å². The van der Waals surface area contributed by atoms with Crippen LogP contribution in [0.25, 0.3) is 0 Å². The third-order valence-electron chi connectivity index (χ3n) is 7.15. The molecule has 0 unspecified atom stereocenters. The molecule has 0 aliphatic carbocycles. The zero-order valence-electron chi connectivity index (χ0n) is 22.9. The van der Waals surface area contributed by atoms with E-state index in [2.05, 4.69) is 89.2 Å². The van der Waals surface area contributed by atoms with Crippen molar-refractivity contribution in [3.8, 4) is 0 Å². The molecule has 0 amide bonds. The number of hydrogen-bond acceptors (Lipinski definition) is 4. The molecular weight excluding hydrogens is 452 g/mol. The summed E-state index contributed by atoms with van der Waals surface area (Å²) in [6.45, 7) is 15.4. The molecule has 2 aromatic carbocycles. The second kappa shape index (κ2) is 13.0. The summed E-state index contributed by atoms with van der Waals surface area (Å²) < 4.78 is 12.7. The highest BCUT2D eigenvalue weighted by atomic mass is 28.4. The fourth-order valence-electron chi connectivity index (χ4n) is 5.24. The van der Waals surface area contributed by atoms with Gasteiger partial charge in [-0.05, 0) is 27.9 Å². The van der Waals surface area contributed by atoms with Gasteiger partial charge in [0.2, 0.25) is 0 Å². The summed E-state index contributed by atoms with van der Waals surface area (Å²) >= 11 is 0. The van der Waals surface area contributed by atoms with Gasteiger partial charge in [0.05, 0.1) is 12.2 Å². The molecule has 0 radical (unpaired) electrons. The van der Waals surface area contributed by atoms with Crippen molar-refractivity contribution in [2.45, 2.75) is 65.7 Å². The Morgan fingerprint density at radius 2 is 1.40 bits per heavy atom. The van der Waals surface area contributed by atoms with Crippen LogP contribution in [-0.4, -0.2) is 51.1 Å². The smallest absolute Gasteiger partial charge is 0.261 e. The van der Waals surface area contributed by atoms with Crippen LogP contribution in [-0.2, 0) is 9.16 Å². The predicted molar refractivity (Wildman–Crippen MR) is 149 cm³/mol. The van der Waals surface area contributed by atoms with Gasteiger partial charge in [-0.25, -0.2) is 0 Å². The van der Waals surface area contributed by atoms with Crippen molar-refractivity contribution in [2.24, 2.45) is 17.8 Å². The summed E-state index contributed by atoms with van der Waals surface area (Å²) in [7, 11) is -0.973. The minimum atomic E-state index is -2.65. The van der Waals surface area contributed by atoms with E-state index < -0.39 is 14.4 Å². The van der Waals surface area contributed by atoms with Crippen molar-refractivity contribution in [3.05, 3.63) is 72.3 Å². The molecule has 0 heterocycles. The largest absolute Gasteiger partial charge is 0.407 e. The zero-order chi connectivity index (χ0) is 26.2. The Hall–Kier alpha value is -1.76. The van der Waals surface area contributed by atoms with Crippen LogP contribution in [0.3, 0.4) is 0 Å². The molecular formula is C30H46O4Si. The lowest BCUT2D eigenvalue weighted by Gasteiger charge is -2.43. The van der Waals surface area contributed by atoms with Crippen LogP contribution < -0.4 is 10.4 Å². The van der Waals surface area contributed by atoms with Gasteiger partial charge in [-0.3, -0.25) is 0 Å². The number of methoxy groups -OCH3 is 1. The van der Waals surface area contributed by atoms with Crippen molar-refractivity contribution in [1.82, 2.24) is 0 Å². The van der Waals surface area contributed by atoms with Crippen LogP contribution >= 0.6 is 0 Å². The summed E-state index contributed by atoms with van der Waals surface area (Å²) in [4.78, 5) is 0. The third-order valence-corrected chi connectivity index (χ3v) is 12.2. The predicted octanol–water partition coefficient (Wildman–Crippen LogP) is 4.79. The van der Waals surface area contributed by atoms with Crippen LogP contribution in [0.2, 0.25) is 5.04 Å². The van der Waals surface area contributed by atoms with E-state index in [9.17, 15) is 10.2 Å². The third kappa shape index (κ3) is 6.93. The molecule has 2 N–H and O–H groups in total. The lowest BCUT2D eigenvalue weighted by Crippen LogP contribution is -2.67. The van der Waals surface area contributed by atoms with E-state index in [1.54, 1.807) is 7.11 Å². The summed E-state index contributed by atoms with van der Waals surface area (Å²) in [5, 5.41) is 23.1. The first-order chi connectivity index (χ1) is 16.5. The van der Waals surface area contributed by atoms with Crippen molar-refractivity contribution < 1.29 is 19.4 Å². The van der Waals surface area contributed by atoms with Crippen LogP contribution in [0, 0.1) is 17.8 Å². The molecule has 5 heteroatoms. The first kappa shape index (κ1) is 29.5. The quantitative estimate of drug-likeness (QED) is 0.326. The lowest BCUT2D eigenvalue weighted by atomic mass is 9.89. The molecule has 4 nitrogen and oxygen atoms in total. The van der Waals surface area contributed by atoms with E-state index in [1.807, 2.05) is 26.0 Å². The van der Waals surface area contributed by atoms with Crippen molar-refractivity contribution in [1.29, 1.82) is 0 Å². The fourth-order valence-corrected chi connectivity index (χ4v) is 9.90. The van der Waals surface area contributed by atoms with Gasteiger partial charge >= 0.3 is 0 Å². The van der Waals surface area contributed by atoms with E-state index in [-0.39, 0.29) is 35.5 Å². The molecule has 35 heavy (non-hydrogen) atoms. The minimum absolute atomic E-state index is 0.0205. The van der Waals surface area contributed by atoms with Crippen LogP contribution in [0.5, 0.6) is 0 Å². The maximum Gasteiger partial charge on any atom is 0.261 e. The first-order valence-corrected chi connectivity index (χ1v) is 14.7. The van der Waals surface area contributed by atoms with E-state index >= 15 is 0 Å². The Kier molecular flexibility index (Phi) is 10.9. The standard InChI is InChI=1S/C30H46O4Si/c1-22(19-23(2)29(33-8)24(3)20-31)28(32)25(4)21-34-35(30(5,6)7,26-15-11-9-12-16-26)27-17-13-10-14-18-27/h9-19,23-25,28-29,31-32H,20-21H2,1-8H3/b22-19+/t23-,24-,25+,28+,29+/m0/s1. The van der Waals surface area contributed by atoms with E-state index in [1.165, 1.54) is 10.4 Å². The lowest BCUT2D eigenvalue weighted by molar-refractivity contribution is 0.00990. The van der Waals surface area contributed by atoms with Gasteiger partial charge in [-0.2, -0.15) is 0 Å². The van der Waals surface area contributed by atoms with Crippen LogP contribution in [0.15, 0.2) is 72.3 Å². The van der Waals surface area contributed by atoms with Gasteiger partial charge in [-0.15, -0.1) is 0 Å². The summed E-state index contributed by atoms with van der Waals surface area (Å²) in [6.07, 6.45) is 1.34. The Balaban J connectivity index is 2.33. The molecule has 0 saturated carbocycles. The minimum Gasteiger partial charge on any atom is -0.407 e. The van der Waals surface area contributed by atoms with Crippen molar-refractivity contribution in [2.75, 3.05) is 20.3 Å². The average Bonchev–Trinajstić information content (AvgIpc) is 2.84. The Labute approximate surface area is 214 Å². The highest BCUT2D eigenvalue weighted by molar-refractivity contribution is 6.99. The van der Waals surface area contributed by atoms with Gasteiger partial charge in [0.1, 0.15) is 0 Å². The Morgan fingerprint density at radius 3 is 1.80 bits per heavy atom. The molecule has 0 aliphatic rings. The van der Waals surface area contributed by atoms with E-state index in [0.29, 0.717) is 6.61 Å². The molecule has 2 aromatic rings. The maximum atomic E-state index is 11.2. The molecule has 2 rings (SSSR count). The van der Waals surface area contributed by atoms with Crippen molar-refractivity contribution in [3.63, 3.8) is 0 Å². The Morgan fingerprint density at radius 1 is 0.914 bits per heavy atom. The second-order valence-corrected chi connectivity index (χ2v) is 15.3. The monoisotopic (exact) mass is 498 g/mol. The number of aliphatic hydroxyl groups is 2. The molecule has 5 atom stereocenters. The normalized spacial score (nSPS) is 17.5. The van der Waals surface area contributed by atoms with Crippen LogP contribution in [0.1, 0.15) is 48.5 Å². The average molecular weight is 499 g/mol. The van der Waals surface area contributed by atoms with E-state index in [0.717, 1.165) is 5.57 Å². The van der Waals surface area contributed by atoms with Gasteiger partial charge in [-0.1, -0.05) is 108 Å². The molecule has 0 aromatic heterocycles. The SMILES string of the molecule is CO[C@H]([C@@H](C)/C=C(\C)[C@@H](O)[C@H](C)CO[Si](c1ccccc1)(c1ccccc1)C(C)(C)C)[C@@H](C)CO. The number of hydrogen-bond donors (Lipinski definition) is 2. The summed E-state index contributed by atoms with van der Waals surface area (Å²) in [5.74, 6) is 0.00468. The summed E-state index contributed by atoms with van der Waals surface area (Å²) in [5.41, 5.74) is 0.906. The Bertz CT molecular complexity index is 867. The van der Waals surface area contributed by atoms with Gasteiger partial charge in [0.25, 0.3) is 8.32 Å². The molecule has 0 saturated heterocycles. The first-order valence-electron chi connectivity index (χ1n) is 12.7. The fraction of sp³-hybridized carbons (Fsp3) is 0.533. The number of rotatable bonds is 12. The second-order valence-electron chi connectivity index (χ2n) is 11.0. The molecule has 0 fully saturated rings. The van der Waals surface area contributed by atoms with Crippen LogP contribution in [0.4, 0.5) is 0 Å². The molecule has 0 bridgehead atoms. The van der Waals surface area contributed by atoms with E-state index in [4.69, 9.17) is 9.16 Å². The highest BCUT2D eigenvalue weighted by Crippen LogP contribution is 2.37. The number of benzene rings is 2. The maximum absolute atomic E-state index is 11.2. The zero-order valence-corrected chi connectivity index (χ0v) is 23.9. The number of aliphatic hydroxyl groups excluding tert-OH is 2. The molecule has 0 spiro atoms. The summed E-state index contributed by atoms with van der Waals surface area (Å²) in [6, 6.07) is 21.2. The van der Waals surface area contributed by atoms with Gasteiger partial charge in [0.15, 0.2) is 0 Å². The molecule has 0 aliphatic heterocycles. The van der Waals surface area contributed by atoms with Gasteiger partial charge < -0.3 is 19.4 Å². The number of ether oxygens (including phenoxy) is 1.